The van der Waals surface area contributed by atoms with Crippen LogP contribution in [0.2, 0.25) is 0 Å². The summed E-state index contributed by atoms with van der Waals surface area (Å²) in [6.07, 6.45) is 0. The highest BCUT2D eigenvalue weighted by atomic mass is 32.2. The highest BCUT2D eigenvalue weighted by molar-refractivity contribution is 7.89. The molecule has 0 aromatic heterocycles. The summed E-state index contributed by atoms with van der Waals surface area (Å²) in [5, 5.41) is 3.13. The van der Waals surface area contributed by atoms with Crippen LogP contribution in [-0.2, 0) is 16.6 Å². The molecule has 0 bridgehead atoms. The Hall–Kier alpha value is -1.92. The van der Waals surface area contributed by atoms with Crippen molar-refractivity contribution in [3.8, 4) is 0 Å². The van der Waals surface area contributed by atoms with Gasteiger partial charge >= 0.3 is 0 Å². The third-order valence-corrected chi connectivity index (χ3v) is 4.71. The van der Waals surface area contributed by atoms with E-state index in [9.17, 15) is 12.8 Å². The molecule has 112 valence electrons. The zero-order chi connectivity index (χ0) is 15.5. The smallest absolute Gasteiger partial charge is 0.240 e. The minimum absolute atomic E-state index is 0.245. The summed E-state index contributed by atoms with van der Waals surface area (Å²) in [6, 6.07) is 11.3. The van der Waals surface area contributed by atoms with Gasteiger partial charge in [-0.2, -0.15) is 0 Å². The largest absolute Gasteiger partial charge is 0.381 e. The molecular weight excluding hydrogens is 291 g/mol. The first-order valence-electron chi connectivity index (χ1n) is 6.45. The lowest BCUT2D eigenvalue weighted by Gasteiger charge is -2.11. The molecule has 0 aliphatic rings. The van der Waals surface area contributed by atoms with E-state index >= 15 is 0 Å². The maximum absolute atomic E-state index is 12.8. The van der Waals surface area contributed by atoms with Gasteiger partial charge in [0.25, 0.3) is 0 Å². The normalized spacial score (nSPS) is 11.4. The maximum atomic E-state index is 12.8. The van der Waals surface area contributed by atoms with Gasteiger partial charge in [-0.05, 0) is 49.4 Å². The van der Waals surface area contributed by atoms with Crippen LogP contribution < -0.4 is 10.0 Å². The predicted molar refractivity (Wildman–Crippen MR) is 81.2 cm³/mol. The minimum atomic E-state index is -3.48. The van der Waals surface area contributed by atoms with Crippen LogP contribution in [0.15, 0.2) is 47.4 Å². The molecule has 0 heterocycles. The van der Waals surface area contributed by atoms with Crippen LogP contribution in [0.3, 0.4) is 0 Å². The number of rotatable bonds is 5. The number of benzene rings is 2. The van der Waals surface area contributed by atoms with Gasteiger partial charge in [0.15, 0.2) is 0 Å². The number of halogens is 1. The fourth-order valence-electron chi connectivity index (χ4n) is 1.92. The zero-order valence-corrected chi connectivity index (χ0v) is 12.7. The van der Waals surface area contributed by atoms with Gasteiger partial charge in [-0.15, -0.1) is 0 Å². The predicted octanol–water partition coefficient (Wildman–Crippen LogP) is 2.65. The maximum Gasteiger partial charge on any atom is 0.240 e. The van der Waals surface area contributed by atoms with Gasteiger partial charge in [0.2, 0.25) is 10.0 Å². The van der Waals surface area contributed by atoms with E-state index < -0.39 is 10.0 Å². The number of hydrogen-bond donors (Lipinski definition) is 2. The Labute approximate surface area is 124 Å². The van der Waals surface area contributed by atoms with Gasteiger partial charge < -0.3 is 5.32 Å². The number of sulfonamides is 1. The summed E-state index contributed by atoms with van der Waals surface area (Å²) in [5.41, 5.74) is 2.28. The van der Waals surface area contributed by atoms with Gasteiger partial charge in [-0.3, -0.25) is 0 Å². The van der Waals surface area contributed by atoms with Crippen LogP contribution in [0.25, 0.3) is 0 Å². The minimum Gasteiger partial charge on any atom is -0.381 e. The summed E-state index contributed by atoms with van der Waals surface area (Å²) >= 11 is 0. The molecule has 0 unspecified atom stereocenters. The van der Waals surface area contributed by atoms with Crippen molar-refractivity contribution in [3.63, 3.8) is 0 Å². The SMILES string of the molecule is CNS(=O)(=O)c1cc(NCc2ccc(F)cc2)ccc1C. The second-order valence-electron chi connectivity index (χ2n) is 4.67. The van der Waals surface area contributed by atoms with E-state index in [1.807, 2.05) is 6.07 Å². The van der Waals surface area contributed by atoms with Gasteiger partial charge in [-0.1, -0.05) is 18.2 Å². The Balaban J connectivity index is 2.18. The summed E-state index contributed by atoms with van der Waals surface area (Å²) in [5.74, 6) is -0.281. The fourth-order valence-corrected chi connectivity index (χ4v) is 2.91. The second-order valence-corrected chi connectivity index (χ2v) is 6.52. The molecule has 0 aliphatic carbocycles. The van der Waals surface area contributed by atoms with E-state index in [2.05, 4.69) is 10.0 Å². The molecule has 2 aromatic rings. The standard InChI is InChI=1S/C15H17FN2O2S/c1-11-3-8-14(9-15(11)21(19,20)17-2)18-10-12-4-6-13(16)7-5-12/h3-9,17-18H,10H2,1-2H3. The Kier molecular flexibility index (Phi) is 4.59. The summed E-state index contributed by atoms with van der Waals surface area (Å²) in [6.45, 7) is 2.23. The zero-order valence-electron chi connectivity index (χ0n) is 11.9. The number of nitrogens with one attached hydrogen (secondary N) is 2. The third-order valence-electron chi connectivity index (χ3n) is 3.16. The van der Waals surface area contributed by atoms with Crippen molar-refractivity contribution < 1.29 is 12.8 Å². The number of aryl methyl sites for hydroxylation is 1. The van der Waals surface area contributed by atoms with Crippen molar-refractivity contribution in [2.24, 2.45) is 0 Å². The van der Waals surface area contributed by atoms with Crippen molar-refractivity contribution in [2.75, 3.05) is 12.4 Å². The van der Waals surface area contributed by atoms with Crippen molar-refractivity contribution in [3.05, 3.63) is 59.4 Å². The van der Waals surface area contributed by atoms with Crippen LogP contribution in [0.1, 0.15) is 11.1 Å². The molecule has 0 saturated heterocycles. The van der Waals surface area contributed by atoms with E-state index in [-0.39, 0.29) is 10.7 Å². The molecule has 6 heteroatoms. The molecule has 0 aliphatic heterocycles. The van der Waals surface area contributed by atoms with E-state index in [4.69, 9.17) is 0 Å². The highest BCUT2D eigenvalue weighted by Gasteiger charge is 2.14. The van der Waals surface area contributed by atoms with Gasteiger partial charge in [-0.25, -0.2) is 17.5 Å². The monoisotopic (exact) mass is 308 g/mol. The lowest BCUT2D eigenvalue weighted by Crippen LogP contribution is -2.19. The quantitative estimate of drug-likeness (QED) is 0.893. The third kappa shape index (κ3) is 3.80. The molecule has 0 spiro atoms. The van der Waals surface area contributed by atoms with Gasteiger partial charge in [0, 0.05) is 12.2 Å². The Morgan fingerprint density at radius 3 is 2.38 bits per heavy atom. The van der Waals surface area contributed by atoms with E-state index in [1.54, 1.807) is 31.2 Å². The lowest BCUT2D eigenvalue weighted by atomic mass is 10.2. The Bertz CT molecular complexity index is 728. The molecule has 21 heavy (non-hydrogen) atoms. The lowest BCUT2D eigenvalue weighted by molar-refractivity contribution is 0.587. The highest BCUT2D eigenvalue weighted by Crippen LogP contribution is 2.20. The molecule has 2 N–H and O–H groups in total. The van der Waals surface area contributed by atoms with E-state index in [0.29, 0.717) is 17.8 Å². The average Bonchev–Trinajstić information content (AvgIpc) is 2.48. The molecule has 0 fully saturated rings. The molecule has 0 radical (unpaired) electrons. The summed E-state index contributed by atoms with van der Waals surface area (Å²) in [7, 11) is -2.10. The summed E-state index contributed by atoms with van der Waals surface area (Å²) in [4.78, 5) is 0.245. The first-order valence-corrected chi connectivity index (χ1v) is 7.93. The van der Waals surface area contributed by atoms with Crippen LogP contribution in [0.4, 0.5) is 10.1 Å². The van der Waals surface area contributed by atoms with Crippen molar-refractivity contribution in [1.82, 2.24) is 4.72 Å². The van der Waals surface area contributed by atoms with Crippen LogP contribution in [-0.4, -0.2) is 15.5 Å². The fraction of sp³-hybridized carbons (Fsp3) is 0.200. The van der Waals surface area contributed by atoms with Crippen molar-refractivity contribution >= 4 is 15.7 Å². The average molecular weight is 308 g/mol. The van der Waals surface area contributed by atoms with E-state index in [0.717, 1.165) is 5.56 Å². The van der Waals surface area contributed by atoms with Gasteiger partial charge in [0.05, 0.1) is 4.90 Å². The van der Waals surface area contributed by atoms with Crippen molar-refractivity contribution in [2.45, 2.75) is 18.4 Å². The molecule has 2 rings (SSSR count). The van der Waals surface area contributed by atoms with Crippen LogP contribution >= 0.6 is 0 Å². The Morgan fingerprint density at radius 2 is 1.76 bits per heavy atom. The summed E-state index contributed by atoms with van der Waals surface area (Å²) < 4.78 is 38.9. The molecule has 2 aromatic carbocycles. The molecule has 4 nitrogen and oxygen atoms in total. The molecular formula is C15H17FN2O2S. The Morgan fingerprint density at radius 1 is 1.10 bits per heavy atom. The second kappa shape index (κ2) is 6.24. The number of hydrogen-bond acceptors (Lipinski definition) is 3. The molecule has 0 atom stereocenters. The first kappa shape index (κ1) is 15.5. The van der Waals surface area contributed by atoms with Crippen LogP contribution in [0.5, 0.6) is 0 Å². The van der Waals surface area contributed by atoms with Crippen molar-refractivity contribution in [1.29, 1.82) is 0 Å². The van der Waals surface area contributed by atoms with Gasteiger partial charge in [0.1, 0.15) is 5.82 Å². The molecule has 0 saturated carbocycles. The van der Waals surface area contributed by atoms with Crippen LogP contribution in [0, 0.1) is 12.7 Å². The molecule has 0 amide bonds. The topological polar surface area (TPSA) is 58.2 Å². The first-order chi connectivity index (χ1) is 9.92. The number of anilines is 1. The van der Waals surface area contributed by atoms with E-state index in [1.165, 1.54) is 19.2 Å².